The van der Waals surface area contributed by atoms with E-state index in [1.54, 1.807) is 0 Å². The largest absolute Gasteiger partial charge is 0.377 e. The van der Waals surface area contributed by atoms with Crippen LogP contribution in [0.3, 0.4) is 0 Å². The number of aromatic nitrogens is 1. The van der Waals surface area contributed by atoms with E-state index in [0.29, 0.717) is 6.04 Å². The number of aryl methyl sites for hydroxylation is 1. The maximum absolute atomic E-state index is 4.36. The van der Waals surface area contributed by atoms with E-state index < -0.39 is 0 Å². The maximum atomic E-state index is 4.36. The van der Waals surface area contributed by atoms with Crippen molar-refractivity contribution >= 4 is 5.69 Å². The molecule has 0 aliphatic carbocycles. The van der Waals surface area contributed by atoms with Gasteiger partial charge in [0.25, 0.3) is 0 Å². The average Bonchev–Trinajstić information content (AvgIpc) is 2.49. The molecule has 0 fully saturated rings. The number of nitrogens with zero attached hydrogens (tertiary/aromatic N) is 1. The minimum atomic E-state index is 0.366. The van der Waals surface area contributed by atoms with Gasteiger partial charge in [-0.3, -0.25) is 4.98 Å². The van der Waals surface area contributed by atoms with Crippen molar-refractivity contribution in [2.45, 2.75) is 45.6 Å². The third-order valence-electron chi connectivity index (χ3n) is 3.63. The van der Waals surface area contributed by atoms with Crippen molar-refractivity contribution in [3.05, 3.63) is 59.9 Å². The molecule has 20 heavy (non-hydrogen) atoms. The number of hydrogen-bond acceptors (Lipinski definition) is 2. The van der Waals surface area contributed by atoms with Gasteiger partial charge in [-0.25, -0.2) is 0 Å². The van der Waals surface area contributed by atoms with Crippen LogP contribution in [0.25, 0.3) is 0 Å². The fourth-order valence-corrected chi connectivity index (χ4v) is 2.43. The quantitative estimate of drug-likeness (QED) is 0.705. The molecule has 1 aromatic carbocycles. The second-order valence-electron chi connectivity index (χ2n) is 5.24. The zero-order valence-corrected chi connectivity index (χ0v) is 12.5. The molecule has 1 atom stereocenters. The van der Waals surface area contributed by atoms with Crippen LogP contribution in [-0.2, 0) is 0 Å². The summed E-state index contributed by atoms with van der Waals surface area (Å²) in [6, 6.07) is 15.2. The van der Waals surface area contributed by atoms with E-state index in [1.165, 1.54) is 24.8 Å². The summed E-state index contributed by atoms with van der Waals surface area (Å²) >= 11 is 0. The zero-order chi connectivity index (χ0) is 14.2. The molecule has 0 spiro atoms. The number of rotatable bonds is 7. The molecule has 0 bridgehead atoms. The van der Waals surface area contributed by atoms with Gasteiger partial charge in [-0.15, -0.1) is 0 Å². The monoisotopic (exact) mass is 268 g/mol. The highest BCUT2D eigenvalue weighted by Crippen LogP contribution is 2.25. The molecular weight excluding hydrogens is 244 g/mol. The molecule has 0 aliphatic heterocycles. The Morgan fingerprint density at radius 2 is 1.85 bits per heavy atom. The van der Waals surface area contributed by atoms with Crippen molar-refractivity contribution in [2.75, 3.05) is 5.32 Å². The van der Waals surface area contributed by atoms with Gasteiger partial charge in [0, 0.05) is 6.20 Å². The van der Waals surface area contributed by atoms with E-state index in [-0.39, 0.29) is 0 Å². The lowest BCUT2D eigenvalue weighted by molar-refractivity contribution is 0.606. The van der Waals surface area contributed by atoms with Gasteiger partial charge >= 0.3 is 0 Å². The topological polar surface area (TPSA) is 24.9 Å². The highest BCUT2D eigenvalue weighted by molar-refractivity contribution is 5.48. The third-order valence-corrected chi connectivity index (χ3v) is 3.63. The van der Waals surface area contributed by atoms with Crippen molar-refractivity contribution in [1.29, 1.82) is 0 Å². The minimum Gasteiger partial charge on any atom is -0.377 e. The summed E-state index contributed by atoms with van der Waals surface area (Å²) in [7, 11) is 0. The Morgan fingerprint density at radius 1 is 1.05 bits per heavy atom. The first-order valence-electron chi connectivity index (χ1n) is 7.54. The Hall–Kier alpha value is -1.83. The van der Waals surface area contributed by atoms with Crippen LogP contribution in [0.15, 0.2) is 48.7 Å². The number of unbranched alkanes of at least 4 members (excludes halogenated alkanes) is 2. The van der Waals surface area contributed by atoms with Gasteiger partial charge in [0.05, 0.1) is 17.4 Å². The van der Waals surface area contributed by atoms with Gasteiger partial charge in [0.2, 0.25) is 0 Å². The molecule has 0 aliphatic rings. The van der Waals surface area contributed by atoms with Gasteiger partial charge < -0.3 is 5.32 Å². The molecule has 2 nitrogen and oxygen atoms in total. The van der Waals surface area contributed by atoms with E-state index >= 15 is 0 Å². The molecule has 0 radical (unpaired) electrons. The van der Waals surface area contributed by atoms with Crippen molar-refractivity contribution in [3.63, 3.8) is 0 Å². The Labute approximate surface area is 122 Å². The first-order valence-corrected chi connectivity index (χ1v) is 7.54. The van der Waals surface area contributed by atoms with E-state index in [4.69, 9.17) is 0 Å². The average molecular weight is 268 g/mol. The SMILES string of the molecule is CCCCCC(Nc1cccnc1C)c1ccccc1. The second kappa shape index (κ2) is 7.68. The standard InChI is InChI=1S/C18H24N2/c1-3-4-6-12-18(16-10-7-5-8-11-16)20-17-13-9-14-19-15(17)2/h5,7-11,13-14,18,20H,3-4,6,12H2,1-2H3. The van der Waals surface area contributed by atoms with Crippen molar-refractivity contribution in [3.8, 4) is 0 Å². The van der Waals surface area contributed by atoms with Crippen molar-refractivity contribution in [1.82, 2.24) is 4.98 Å². The molecule has 2 aromatic rings. The van der Waals surface area contributed by atoms with Gasteiger partial charge in [-0.1, -0.05) is 56.5 Å². The summed E-state index contributed by atoms with van der Waals surface area (Å²) in [5.41, 5.74) is 3.55. The fraction of sp³-hybridized carbons (Fsp3) is 0.389. The van der Waals surface area contributed by atoms with E-state index in [2.05, 4.69) is 60.5 Å². The smallest absolute Gasteiger partial charge is 0.0603 e. The van der Waals surface area contributed by atoms with Gasteiger partial charge in [-0.2, -0.15) is 0 Å². The molecule has 106 valence electrons. The van der Waals surface area contributed by atoms with Crippen LogP contribution in [0, 0.1) is 6.92 Å². The number of nitrogens with one attached hydrogen (secondary N) is 1. The van der Waals surface area contributed by atoms with Gasteiger partial charge in [0.15, 0.2) is 0 Å². The summed E-state index contributed by atoms with van der Waals surface area (Å²) < 4.78 is 0. The number of anilines is 1. The molecule has 0 amide bonds. The summed E-state index contributed by atoms with van der Waals surface area (Å²) in [5, 5.41) is 3.66. The minimum absolute atomic E-state index is 0.366. The van der Waals surface area contributed by atoms with Crippen molar-refractivity contribution < 1.29 is 0 Å². The Kier molecular flexibility index (Phi) is 5.60. The van der Waals surface area contributed by atoms with Crippen LogP contribution in [0.2, 0.25) is 0 Å². The van der Waals surface area contributed by atoms with Gasteiger partial charge in [0.1, 0.15) is 0 Å². The summed E-state index contributed by atoms with van der Waals surface area (Å²) in [5.74, 6) is 0. The number of hydrogen-bond donors (Lipinski definition) is 1. The molecule has 1 N–H and O–H groups in total. The highest BCUT2D eigenvalue weighted by atomic mass is 14.9. The van der Waals surface area contributed by atoms with Crippen LogP contribution in [0.1, 0.15) is 49.9 Å². The number of benzene rings is 1. The Morgan fingerprint density at radius 3 is 2.55 bits per heavy atom. The first kappa shape index (κ1) is 14.6. The normalized spacial score (nSPS) is 12.1. The van der Waals surface area contributed by atoms with Crippen LogP contribution in [-0.4, -0.2) is 4.98 Å². The summed E-state index contributed by atoms with van der Waals surface area (Å²) in [4.78, 5) is 4.36. The van der Waals surface area contributed by atoms with Crippen LogP contribution in [0.4, 0.5) is 5.69 Å². The Bertz CT molecular complexity index is 508. The van der Waals surface area contributed by atoms with E-state index in [0.717, 1.165) is 17.8 Å². The molecular formula is C18H24N2. The van der Waals surface area contributed by atoms with Crippen LogP contribution in [0.5, 0.6) is 0 Å². The van der Waals surface area contributed by atoms with Gasteiger partial charge in [-0.05, 0) is 31.0 Å². The molecule has 1 unspecified atom stereocenters. The van der Waals surface area contributed by atoms with Crippen molar-refractivity contribution in [2.24, 2.45) is 0 Å². The predicted octanol–water partition coefficient (Wildman–Crippen LogP) is 5.12. The van der Waals surface area contributed by atoms with E-state index in [9.17, 15) is 0 Å². The molecule has 0 saturated carbocycles. The molecule has 1 heterocycles. The second-order valence-corrected chi connectivity index (χ2v) is 5.24. The third kappa shape index (κ3) is 4.09. The van der Waals surface area contributed by atoms with Crippen LogP contribution < -0.4 is 5.32 Å². The highest BCUT2D eigenvalue weighted by Gasteiger charge is 2.11. The fourth-order valence-electron chi connectivity index (χ4n) is 2.43. The van der Waals surface area contributed by atoms with Crippen LogP contribution >= 0.6 is 0 Å². The number of pyridine rings is 1. The Balaban J connectivity index is 2.12. The predicted molar refractivity (Wildman–Crippen MR) is 85.9 cm³/mol. The van der Waals surface area contributed by atoms with E-state index in [1.807, 2.05) is 12.3 Å². The molecule has 0 saturated heterocycles. The zero-order valence-electron chi connectivity index (χ0n) is 12.5. The first-order chi connectivity index (χ1) is 9.81. The lowest BCUT2D eigenvalue weighted by Crippen LogP contribution is -2.12. The lowest BCUT2D eigenvalue weighted by Gasteiger charge is -2.21. The molecule has 2 rings (SSSR count). The molecule has 1 aromatic heterocycles. The molecule has 2 heteroatoms. The summed E-state index contributed by atoms with van der Waals surface area (Å²) in [6.07, 6.45) is 6.80. The summed E-state index contributed by atoms with van der Waals surface area (Å²) in [6.45, 7) is 4.30. The lowest BCUT2D eigenvalue weighted by atomic mass is 10.00. The maximum Gasteiger partial charge on any atom is 0.0603 e.